The molecule has 5 nitrogen and oxygen atoms in total. The quantitative estimate of drug-likeness (QED) is 0.329. The Bertz CT molecular complexity index is 491. The number of halogens is 1. The summed E-state index contributed by atoms with van der Waals surface area (Å²) in [5, 5.41) is 11.7. The van der Waals surface area contributed by atoms with Crippen LogP contribution in [0.15, 0.2) is 18.2 Å². The lowest BCUT2D eigenvalue weighted by Gasteiger charge is -2.18. The number of hydrogen-bond donors (Lipinski definition) is 0. The molecular formula is C14H19BrN2O3. The fourth-order valence-corrected chi connectivity index (χ4v) is 2.33. The first-order chi connectivity index (χ1) is 9.47. The van der Waals surface area contributed by atoms with Gasteiger partial charge in [0.1, 0.15) is 0 Å². The van der Waals surface area contributed by atoms with Gasteiger partial charge in [0.2, 0.25) is 0 Å². The van der Waals surface area contributed by atoms with Crippen molar-refractivity contribution in [1.82, 2.24) is 4.90 Å². The van der Waals surface area contributed by atoms with Crippen molar-refractivity contribution in [3.8, 4) is 0 Å². The minimum absolute atomic E-state index is 0.0130. The van der Waals surface area contributed by atoms with Crippen LogP contribution < -0.4 is 0 Å². The number of rotatable bonds is 7. The second kappa shape index (κ2) is 7.99. The zero-order valence-corrected chi connectivity index (χ0v) is 13.4. The average molecular weight is 343 g/mol. The monoisotopic (exact) mass is 342 g/mol. The lowest BCUT2D eigenvalue weighted by Crippen LogP contribution is -2.28. The average Bonchev–Trinajstić information content (AvgIpc) is 2.42. The molecule has 0 aromatic heterocycles. The molecule has 0 fully saturated rings. The van der Waals surface area contributed by atoms with E-state index in [2.05, 4.69) is 15.9 Å². The summed E-state index contributed by atoms with van der Waals surface area (Å²) in [4.78, 5) is 24.2. The number of hydrogen-bond acceptors (Lipinski definition) is 3. The van der Waals surface area contributed by atoms with E-state index in [0.29, 0.717) is 17.7 Å². The van der Waals surface area contributed by atoms with E-state index in [1.54, 1.807) is 18.9 Å². The minimum atomic E-state index is -0.453. The summed E-state index contributed by atoms with van der Waals surface area (Å²) < 4.78 is 0. The van der Waals surface area contributed by atoms with Gasteiger partial charge in [-0.15, -0.1) is 0 Å². The molecule has 0 bridgehead atoms. The molecule has 0 aliphatic heterocycles. The normalized spacial score (nSPS) is 10.3. The zero-order chi connectivity index (χ0) is 15.1. The van der Waals surface area contributed by atoms with E-state index in [9.17, 15) is 14.9 Å². The van der Waals surface area contributed by atoms with Gasteiger partial charge >= 0.3 is 0 Å². The second-order valence-corrected chi connectivity index (χ2v) is 5.53. The number of carbonyl (C=O) groups is 1. The van der Waals surface area contributed by atoms with Crippen LogP contribution in [0.3, 0.4) is 0 Å². The molecule has 1 amide bonds. The highest BCUT2D eigenvalue weighted by molar-refractivity contribution is 9.09. The minimum Gasteiger partial charge on any atom is -0.342 e. The number of amides is 1. The van der Waals surface area contributed by atoms with E-state index in [1.165, 1.54) is 18.2 Å². The number of alkyl halides is 1. The van der Waals surface area contributed by atoms with Gasteiger partial charge < -0.3 is 4.90 Å². The van der Waals surface area contributed by atoms with Gasteiger partial charge in [-0.2, -0.15) is 0 Å². The second-order valence-electron chi connectivity index (χ2n) is 4.73. The molecule has 0 heterocycles. The van der Waals surface area contributed by atoms with Crippen molar-refractivity contribution in [1.29, 1.82) is 0 Å². The Morgan fingerprint density at radius 1 is 1.35 bits per heavy atom. The first-order valence-corrected chi connectivity index (χ1v) is 7.66. The third-order valence-electron chi connectivity index (χ3n) is 3.13. The van der Waals surface area contributed by atoms with E-state index in [1.807, 2.05) is 0 Å². The Kier molecular flexibility index (Phi) is 6.64. The van der Waals surface area contributed by atoms with Crippen molar-refractivity contribution >= 4 is 27.5 Å². The van der Waals surface area contributed by atoms with Crippen molar-refractivity contribution in [3.63, 3.8) is 0 Å². The maximum Gasteiger partial charge on any atom is 0.269 e. The Morgan fingerprint density at radius 3 is 2.60 bits per heavy atom. The molecule has 1 aromatic carbocycles. The van der Waals surface area contributed by atoms with Crippen LogP contribution in [0, 0.1) is 17.0 Å². The molecule has 6 heteroatoms. The highest BCUT2D eigenvalue weighted by Crippen LogP contribution is 2.18. The number of aryl methyl sites for hydroxylation is 1. The van der Waals surface area contributed by atoms with E-state index in [0.717, 1.165) is 24.6 Å². The van der Waals surface area contributed by atoms with Crippen LogP contribution >= 0.6 is 15.9 Å². The van der Waals surface area contributed by atoms with Crippen LogP contribution in [-0.4, -0.2) is 34.7 Å². The van der Waals surface area contributed by atoms with Gasteiger partial charge in [0.25, 0.3) is 11.6 Å². The van der Waals surface area contributed by atoms with Crippen LogP contribution in [0.2, 0.25) is 0 Å². The van der Waals surface area contributed by atoms with Crippen LogP contribution in [0.5, 0.6) is 0 Å². The number of unbranched alkanes of at least 4 members (excludes halogenated alkanes) is 2. The van der Waals surface area contributed by atoms with Crippen molar-refractivity contribution in [2.45, 2.75) is 26.2 Å². The highest BCUT2D eigenvalue weighted by Gasteiger charge is 2.16. The molecule has 0 unspecified atom stereocenters. The fourth-order valence-electron chi connectivity index (χ4n) is 1.93. The van der Waals surface area contributed by atoms with Crippen LogP contribution in [-0.2, 0) is 0 Å². The van der Waals surface area contributed by atoms with Gasteiger partial charge in [-0.1, -0.05) is 22.4 Å². The van der Waals surface area contributed by atoms with E-state index in [4.69, 9.17) is 0 Å². The van der Waals surface area contributed by atoms with Crippen molar-refractivity contribution in [2.24, 2.45) is 0 Å². The molecule has 0 saturated heterocycles. The Morgan fingerprint density at radius 2 is 2.05 bits per heavy atom. The molecule has 0 atom stereocenters. The number of nitro benzene ring substituents is 1. The summed E-state index contributed by atoms with van der Waals surface area (Å²) in [6, 6.07) is 4.34. The number of carbonyl (C=O) groups excluding carboxylic acids is 1. The van der Waals surface area contributed by atoms with Crippen LogP contribution in [0.1, 0.15) is 35.2 Å². The highest BCUT2D eigenvalue weighted by atomic mass is 79.9. The Hall–Kier alpha value is -1.43. The molecule has 0 aliphatic carbocycles. The Balaban J connectivity index is 2.69. The van der Waals surface area contributed by atoms with Crippen LogP contribution in [0.4, 0.5) is 5.69 Å². The molecule has 0 N–H and O–H groups in total. The Labute approximate surface area is 127 Å². The summed E-state index contributed by atoms with van der Waals surface area (Å²) in [6.07, 6.45) is 3.13. The van der Waals surface area contributed by atoms with E-state index >= 15 is 0 Å². The van der Waals surface area contributed by atoms with Gasteiger partial charge in [0, 0.05) is 36.6 Å². The summed E-state index contributed by atoms with van der Waals surface area (Å²) >= 11 is 3.37. The molecule has 0 spiro atoms. The summed E-state index contributed by atoms with van der Waals surface area (Å²) in [7, 11) is 1.76. The number of benzene rings is 1. The first kappa shape index (κ1) is 16.6. The van der Waals surface area contributed by atoms with Gasteiger partial charge in [0.05, 0.1) is 4.92 Å². The molecule has 110 valence electrons. The number of non-ortho nitro benzene ring substituents is 1. The molecule has 0 radical (unpaired) electrons. The van der Waals surface area contributed by atoms with Crippen molar-refractivity contribution in [2.75, 3.05) is 18.9 Å². The molecule has 1 aromatic rings. The molecule has 1 rings (SSSR count). The lowest BCUT2D eigenvalue weighted by molar-refractivity contribution is -0.384. The predicted molar refractivity (Wildman–Crippen MR) is 82.4 cm³/mol. The molecular weight excluding hydrogens is 324 g/mol. The summed E-state index contributed by atoms with van der Waals surface area (Å²) in [6.45, 7) is 2.42. The van der Waals surface area contributed by atoms with Crippen molar-refractivity contribution < 1.29 is 9.72 Å². The predicted octanol–water partition coefficient (Wildman–Crippen LogP) is 3.54. The third-order valence-corrected chi connectivity index (χ3v) is 3.69. The molecule has 20 heavy (non-hydrogen) atoms. The van der Waals surface area contributed by atoms with Crippen molar-refractivity contribution in [3.05, 3.63) is 39.4 Å². The third kappa shape index (κ3) is 4.59. The van der Waals surface area contributed by atoms with Gasteiger partial charge in [0.15, 0.2) is 0 Å². The van der Waals surface area contributed by atoms with Crippen LogP contribution in [0.25, 0.3) is 0 Å². The van der Waals surface area contributed by atoms with Gasteiger partial charge in [-0.05, 0) is 31.4 Å². The molecule has 0 aliphatic rings. The van der Waals surface area contributed by atoms with Gasteiger partial charge in [-0.25, -0.2) is 0 Å². The standard InChI is InChI=1S/C14H19BrN2O3/c1-11-10-12(17(19)20)6-7-13(11)14(18)16(2)9-5-3-4-8-15/h6-7,10H,3-5,8-9H2,1-2H3. The maximum atomic E-state index is 12.3. The largest absolute Gasteiger partial charge is 0.342 e. The lowest BCUT2D eigenvalue weighted by atomic mass is 10.1. The van der Waals surface area contributed by atoms with Gasteiger partial charge in [-0.3, -0.25) is 14.9 Å². The number of nitrogens with zero attached hydrogens (tertiary/aromatic N) is 2. The zero-order valence-electron chi connectivity index (χ0n) is 11.8. The number of nitro groups is 1. The summed E-state index contributed by atoms with van der Waals surface area (Å²) in [5.41, 5.74) is 1.18. The smallest absolute Gasteiger partial charge is 0.269 e. The SMILES string of the molecule is Cc1cc([N+](=O)[O-])ccc1C(=O)N(C)CCCCCBr. The van der Waals surface area contributed by atoms with E-state index < -0.39 is 4.92 Å². The fraction of sp³-hybridized carbons (Fsp3) is 0.500. The first-order valence-electron chi connectivity index (χ1n) is 6.54. The maximum absolute atomic E-state index is 12.3. The summed E-state index contributed by atoms with van der Waals surface area (Å²) in [5.74, 6) is -0.0868. The molecule has 0 saturated carbocycles. The topological polar surface area (TPSA) is 63.5 Å². The van der Waals surface area contributed by atoms with E-state index in [-0.39, 0.29) is 11.6 Å².